The van der Waals surface area contributed by atoms with Crippen LogP contribution < -0.4 is 10.6 Å². The molecule has 1 aliphatic heterocycles. The summed E-state index contributed by atoms with van der Waals surface area (Å²) in [6, 6.07) is 0. The van der Waals surface area contributed by atoms with Gasteiger partial charge in [0.1, 0.15) is 6.33 Å². The highest BCUT2D eigenvalue weighted by atomic mass is 16.6. The van der Waals surface area contributed by atoms with Gasteiger partial charge in [0.2, 0.25) is 11.6 Å². The highest BCUT2D eigenvalue weighted by Gasteiger charge is 2.25. The summed E-state index contributed by atoms with van der Waals surface area (Å²) in [7, 11) is 0. The SMILES string of the molecule is CCNc1ncnc(NCC2CCN(CC)C2)c1[N+](=O)[O-]. The molecular weight excluding hydrogens is 272 g/mol. The fourth-order valence-corrected chi connectivity index (χ4v) is 2.59. The molecule has 1 fully saturated rings. The number of hydrogen-bond acceptors (Lipinski definition) is 7. The lowest BCUT2D eigenvalue weighted by atomic mass is 10.1. The van der Waals surface area contributed by atoms with Gasteiger partial charge in [-0.2, -0.15) is 0 Å². The molecule has 2 heterocycles. The third kappa shape index (κ3) is 3.78. The van der Waals surface area contributed by atoms with Crippen LogP contribution in [0.2, 0.25) is 0 Å². The highest BCUT2D eigenvalue weighted by molar-refractivity contribution is 5.69. The Morgan fingerprint density at radius 1 is 1.38 bits per heavy atom. The molecule has 0 amide bonds. The Kier molecular flexibility index (Phi) is 5.26. The maximum absolute atomic E-state index is 11.2. The standard InChI is InChI=1S/C13H22N6O2/c1-3-14-12-11(19(20)21)13(17-9-16-12)15-7-10-5-6-18(4-2)8-10/h9-10H,3-8H2,1-2H3,(H2,14,15,16,17). The molecule has 8 heteroatoms. The first-order chi connectivity index (χ1) is 10.2. The van der Waals surface area contributed by atoms with E-state index in [0.29, 0.717) is 24.8 Å². The van der Waals surface area contributed by atoms with Gasteiger partial charge >= 0.3 is 5.69 Å². The number of hydrogen-bond donors (Lipinski definition) is 2. The molecule has 116 valence electrons. The first kappa shape index (κ1) is 15.4. The van der Waals surface area contributed by atoms with Crippen molar-refractivity contribution in [3.63, 3.8) is 0 Å². The van der Waals surface area contributed by atoms with Crippen LogP contribution in [0, 0.1) is 16.0 Å². The third-order valence-electron chi connectivity index (χ3n) is 3.72. The molecule has 1 aliphatic rings. The van der Waals surface area contributed by atoms with Gasteiger partial charge in [0.25, 0.3) is 0 Å². The van der Waals surface area contributed by atoms with E-state index in [9.17, 15) is 10.1 Å². The van der Waals surface area contributed by atoms with E-state index in [1.54, 1.807) is 0 Å². The van der Waals surface area contributed by atoms with E-state index in [0.717, 1.165) is 26.1 Å². The van der Waals surface area contributed by atoms with E-state index in [4.69, 9.17) is 0 Å². The Balaban J connectivity index is 2.05. The minimum atomic E-state index is -0.437. The van der Waals surface area contributed by atoms with Crippen molar-refractivity contribution in [2.24, 2.45) is 5.92 Å². The van der Waals surface area contributed by atoms with Crippen LogP contribution in [0.5, 0.6) is 0 Å². The quantitative estimate of drug-likeness (QED) is 0.582. The maximum Gasteiger partial charge on any atom is 0.353 e. The fourth-order valence-electron chi connectivity index (χ4n) is 2.59. The van der Waals surface area contributed by atoms with Gasteiger partial charge in [0, 0.05) is 19.6 Å². The third-order valence-corrected chi connectivity index (χ3v) is 3.72. The van der Waals surface area contributed by atoms with Crippen molar-refractivity contribution < 1.29 is 4.92 Å². The van der Waals surface area contributed by atoms with Crippen molar-refractivity contribution in [2.75, 3.05) is 43.4 Å². The van der Waals surface area contributed by atoms with Crippen molar-refractivity contribution >= 4 is 17.3 Å². The Morgan fingerprint density at radius 3 is 2.67 bits per heavy atom. The van der Waals surface area contributed by atoms with Crippen LogP contribution in [0.3, 0.4) is 0 Å². The van der Waals surface area contributed by atoms with E-state index >= 15 is 0 Å². The lowest BCUT2D eigenvalue weighted by Gasteiger charge is -2.14. The molecule has 0 aliphatic carbocycles. The Labute approximate surface area is 124 Å². The Hall–Kier alpha value is -1.96. The summed E-state index contributed by atoms with van der Waals surface area (Å²) in [4.78, 5) is 21.2. The minimum Gasteiger partial charge on any atom is -0.364 e. The van der Waals surface area contributed by atoms with Gasteiger partial charge in [-0.3, -0.25) is 10.1 Å². The molecule has 0 radical (unpaired) electrons. The molecule has 2 N–H and O–H groups in total. The predicted molar refractivity (Wildman–Crippen MR) is 81.6 cm³/mol. The van der Waals surface area contributed by atoms with E-state index < -0.39 is 4.92 Å². The molecule has 1 aromatic heterocycles. The second-order valence-electron chi connectivity index (χ2n) is 5.14. The zero-order valence-electron chi connectivity index (χ0n) is 12.5. The van der Waals surface area contributed by atoms with E-state index in [1.165, 1.54) is 6.33 Å². The average Bonchev–Trinajstić information content (AvgIpc) is 2.93. The number of rotatable bonds is 7. The van der Waals surface area contributed by atoms with Crippen LogP contribution in [0.4, 0.5) is 17.3 Å². The molecule has 8 nitrogen and oxygen atoms in total. The van der Waals surface area contributed by atoms with Crippen LogP contribution in [0.25, 0.3) is 0 Å². The fraction of sp³-hybridized carbons (Fsp3) is 0.692. The maximum atomic E-state index is 11.2. The summed E-state index contributed by atoms with van der Waals surface area (Å²) in [5.41, 5.74) is -0.0790. The largest absolute Gasteiger partial charge is 0.364 e. The van der Waals surface area contributed by atoms with Gasteiger partial charge in [0.15, 0.2) is 0 Å². The van der Waals surface area contributed by atoms with Gasteiger partial charge < -0.3 is 15.5 Å². The van der Waals surface area contributed by atoms with E-state index in [2.05, 4.69) is 32.4 Å². The van der Waals surface area contributed by atoms with Crippen LogP contribution in [0.15, 0.2) is 6.33 Å². The average molecular weight is 294 g/mol. The molecule has 0 saturated carbocycles. The Bertz CT molecular complexity index is 496. The predicted octanol–water partition coefficient (Wildman–Crippen LogP) is 1.57. The van der Waals surface area contributed by atoms with Crippen LogP contribution >= 0.6 is 0 Å². The smallest absolute Gasteiger partial charge is 0.353 e. The number of anilines is 2. The van der Waals surface area contributed by atoms with Gasteiger partial charge in [-0.25, -0.2) is 9.97 Å². The van der Waals surface area contributed by atoms with Gasteiger partial charge in [-0.1, -0.05) is 6.92 Å². The summed E-state index contributed by atoms with van der Waals surface area (Å²) >= 11 is 0. The highest BCUT2D eigenvalue weighted by Crippen LogP contribution is 2.29. The minimum absolute atomic E-state index is 0.0790. The Morgan fingerprint density at radius 2 is 2.10 bits per heavy atom. The second-order valence-corrected chi connectivity index (χ2v) is 5.14. The van der Waals surface area contributed by atoms with Crippen molar-refractivity contribution in [1.29, 1.82) is 0 Å². The summed E-state index contributed by atoms with van der Waals surface area (Å²) in [6.45, 7) is 8.46. The monoisotopic (exact) mass is 294 g/mol. The molecule has 0 aromatic carbocycles. The molecule has 0 spiro atoms. The zero-order chi connectivity index (χ0) is 15.2. The van der Waals surface area contributed by atoms with Crippen LogP contribution in [-0.2, 0) is 0 Å². The summed E-state index contributed by atoms with van der Waals surface area (Å²) in [5.74, 6) is 1.06. The topological polar surface area (TPSA) is 96.2 Å². The summed E-state index contributed by atoms with van der Waals surface area (Å²) in [6.07, 6.45) is 2.46. The normalized spacial score (nSPS) is 18.7. The molecule has 1 atom stereocenters. The van der Waals surface area contributed by atoms with Crippen LogP contribution in [0.1, 0.15) is 20.3 Å². The number of likely N-dealkylation sites (tertiary alicyclic amines) is 1. The van der Waals surface area contributed by atoms with Gasteiger partial charge in [-0.05, 0) is 32.4 Å². The van der Waals surface area contributed by atoms with Crippen molar-refractivity contribution in [3.8, 4) is 0 Å². The lowest BCUT2D eigenvalue weighted by Crippen LogP contribution is -2.23. The van der Waals surface area contributed by atoms with Crippen molar-refractivity contribution in [1.82, 2.24) is 14.9 Å². The zero-order valence-corrected chi connectivity index (χ0v) is 12.5. The molecular formula is C13H22N6O2. The molecule has 0 bridgehead atoms. The molecule has 1 unspecified atom stereocenters. The molecule has 1 saturated heterocycles. The lowest BCUT2D eigenvalue weighted by molar-refractivity contribution is -0.383. The summed E-state index contributed by atoms with van der Waals surface area (Å²) < 4.78 is 0. The van der Waals surface area contributed by atoms with Crippen LogP contribution in [-0.4, -0.2) is 52.5 Å². The van der Waals surface area contributed by atoms with Gasteiger partial charge in [0.05, 0.1) is 4.92 Å². The molecule has 21 heavy (non-hydrogen) atoms. The number of aromatic nitrogens is 2. The van der Waals surface area contributed by atoms with E-state index in [1.807, 2.05) is 6.92 Å². The number of nitrogens with one attached hydrogen (secondary N) is 2. The van der Waals surface area contributed by atoms with Crippen molar-refractivity contribution in [3.05, 3.63) is 16.4 Å². The van der Waals surface area contributed by atoms with Gasteiger partial charge in [-0.15, -0.1) is 0 Å². The number of nitrogens with zero attached hydrogens (tertiary/aromatic N) is 4. The van der Waals surface area contributed by atoms with Crippen molar-refractivity contribution in [2.45, 2.75) is 20.3 Å². The summed E-state index contributed by atoms with van der Waals surface area (Å²) in [5, 5.41) is 17.3. The number of nitro groups is 1. The molecule has 1 aromatic rings. The molecule has 2 rings (SSSR count). The van der Waals surface area contributed by atoms with E-state index in [-0.39, 0.29) is 11.5 Å². The first-order valence-electron chi connectivity index (χ1n) is 7.35. The first-order valence-corrected chi connectivity index (χ1v) is 7.35. The second kappa shape index (κ2) is 7.16.